The SMILES string of the molecule is NCC(O)c1ccc(F)c(Cl)c1. The lowest BCUT2D eigenvalue weighted by Gasteiger charge is -2.07. The summed E-state index contributed by atoms with van der Waals surface area (Å²) < 4.78 is 12.6. The van der Waals surface area contributed by atoms with Gasteiger partial charge >= 0.3 is 0 Å². The zero-order chi connectivity index (χ0) is 9.14. The fourth-order valence-corrected chi connectivity index (χ4v) is 1.04. The fourth-order valence-electron chi connectivity index (χ4n) is 0.856. The highest BCUT2D eigenvalue weighted by Crippen LogP contribution is 2.19. The molecule has 4 heteroatoms. The lowest BCUT2D eigenvalue weighted by Crippen LogP contribution is -2.11. The molecule has 12 heavy (non-hydrogen) atoms. The first-order valence-electron chi connectivity index (χ1n) is 3.48. The second-order valence-corrected chi connectivity index (χ2v) is 2.83. The second kappa shape index (κ2) is 3.85. The smallest absolute Gasteiger partial charge is 0.141 e. The summed E-state index contributed by atoms with van der Waals surface area (Å²) in [5.41, 5.74) is 5.74. The molecule has 66 valence electrons. The number of hydrogen-bond donors (Lipinski definition) is 2. The molecule has 0 fully saturated rings. The zero-order valence-electron chi connectivity index (χ0n) is 6.30. The van der Waals surface area contributed by atoms with E-state index in [0.29, 0.717) is 5.56 Å². The van der Waals surface area contributed by atoms with E-state index in [0.717, 1.165) is 0 Å². The second-order valence-electron chi connectivity index (χ2n) is 2.43. The van der Waals surface area contributed by atoms with E-state index in [2.05, 4.69) is 0 Å². The Kier molecular flexibility index (Phi) is 3.03. The van der Waals surface area contributed by atoms with Gasteiger partial charge in [0.05, 0.1) is 11.1 Å². The molecule has 0 aromatic heterocycles. The Bertz CT molecular complexity index is 280. The number of nitrogens with two attached hydrogens (primary N) is 1. The third kappa shape index (κ3) is 1.94. The maximum absolute atomic E-state index is 12.6. The number of aliphatic hydroxyl groups excluding tert-OH is 1. The van der Waals surface area contributed by atoms with Crippen molar-refractivity contribution in [1.29, 1.82) is 0 Å². The van der Waals surface area contributed by atoms with E-state index in [1.54, 1.807) is 0 Å². The van der Waals surface area contributed by atoms with E-state index in [1.807, 2.05) is 0 Å². The molecule has 0 amide bonds. The van der Waals surface area contributed by atoms with Crippen molar-refractivity contribution in [2.24, 2.45) is 5.73 Å². The minimum atomic E-state index is -0.775. The Morgan fingerprint density at radius 2 is 2.25 bits per heavy atom. The van der Waals surface area contributed by atoms with E-state index < -0.39 is 11.9 Å². The maximum Gasteiger partial charge on any atom is 0.141 e. The van der Waals surface area contributed by atoms with Gasteiger partial charge in [0.2, 0.25) is 0 Å². The molecule has 0 aliphatic rings. The minimum absolute atomic E-state index is 0.000000000000000444. The number of aliphatic hydroxyl groups is 1. The van der Waals surface area contributed by atoms with E-state index in [9.17, 15) is 9.50 Å². The van der Waals surface area contributed by atoms with Crippen molar-refractivity contribution in [1.82, 2.24) is 0 Å². The van der Waals surface area contributed by atoms with Crippen molar-refractivity contribution in [3.8, 4) is 0 Å². The highest BCUT2D eigenvalue weighted by Gasteiger charge is 2.07. The third-order valence-corrected chi connectivity index (χ3v) is 1.84. The Balaban J connectivity index is 2.96. The highest BCUT2D eigenvalue weighted by atomic mass is 35.5. The number of hydrogen-bond acceptors (Lipinski definition) is 2. The predicted octanol–water partition coefficient (Wildman–Crippen LogP) is 1.47. The summed E-state index contributed by atoms with van der Waals surface area (Å²) in [4.78, 5) is 0. The summed E-state index contributed by atoms with van der Waals surface area (Å²) in [6.45, 7) is 0.0992. The standard InChI is InChI=1S/C8H9ClFNO/c9-6-3-5(8(12)4-11)1-2-7(6)10/h1-3,8,12H,4,11H2. The fraction of sp³-hybridized carbons (Fsp3) is 0.250. The first-order valence-corrected chi connectivity index (χ1v) is 3.86. The van der Waals surface area contributed by atoms with Crippen molar-refractivity contribution in [3.05, 3.63) is 34.6 Å². The van der Waals surface area contributed by atoms with Crippen LogP contribution in [0.1, 0.15) is 11.7 Å². The molecule has 0 radical (unpaired) electrons. The highest BCUT2D eigenvalue weighted by molar-refractivity contribution is 6.30. The van der Waals surface area contributed by atoms with Gasteiger partial charge < -0.3 is 10.8 Å². The van der Waals surface area contributed by atoms with Gasteiger partial charge in [0.25, 0.3) is 0 Å². The Morgan fingerprint density at radius 3 is 2.75 bits per heavy atom. The van der Waals surface area contributed by atoms with Crippen LogP contribution >= 0.6 is 11.6 Å². The van der Waals surface area contributed by atoms with Gasteiger partial charge in [-0.1, -0.05) is 17.7 Å². The van der Waals surface area contributed by atoms with E-state index in [1.165, 1.54) is 18.2 Å². The normalized spacial score (nSPS) is 13.0. The van der Waals surface area contributed by atoms with Gasteiger partial charge in [-0.25, -0.2) is 4.39 Å². The quantitative estimate of drug-likeness (QED) is 0.740. The Labute approximate surface area is 74.8 Å². The molecule has 1 unspecified atom stereocenters. The van der Waals surface area contributed by atoms with Crippen LogP contribution in [0, 0.1) is 5.82 Å². The molecule has 0 heterocycles. The van der Waals surface area contributed by atoms with Gasteiger partial charge in [0.15, 0.2) is 0 Å². The van der Waals surface area contributed by atoms with Crippen LogP contribution in [-0.2, 0) is 0 Å². The predicted molar refractivity (Wildman–Crippen MR) is 45.4 cm³/mol. The van der Waals surface area contributed by atoms with Crippen LogP contribution in [0.25, 0.3) is 0 Å². The van der Waals surface area contributed by atoms with E-state index in [4.69, 9.17) is 17.3 Å². The number of benzene rings is 1. The lowest BCUT2D eigenvalue weighted by atomic mass is 10.1. The topological polar surface area (TPSA) is 46.2 Å². The number of rotatable bonds is 2. The monoisotopic (exact) mass is 189 g/mol. The lowest BCUT2D eigenvalue weighted by molar-refractivity contribution is 0.186. The van der Waals surface area contributed by atoms with Crippen LogP contribution < -0.4 is 5.73 Å². The zero-order valence-corrected chi connectivity index (χ0v) is 7.05. The minimum Gasteiger partial charge on any atom is -0.387 e. The third-order valence-electron chi connectivity index (χ3n) is 1.55. The molecule has 1 aromatic rings. The molecular weight excluding hydrogens is 181 g/mol. The van der Waals surface area contributed by atoms with Gasteiger partial charge in [0, 0.05) is 6.54 Å². The number of halogens is 2. The summed E-state index contributed by atoms with van der Waals surface area (Å²) in [5.74, 6) is -0.496. The molecule has 3 N–H and O–H groups in total. The van der Waals surface area contributed by atoms with Gasteiger partial charge in [-0.2, -0.15) is 0 Å². The average molecular weight is 190 g/mol. The van der Waals surface area contributed by atoms with Crippen LogP contribution in [0.3, 0.4) is 0 Å². The molecule has 0 saturated carbocycles. The van der Waals surface area contributed by atoms with Gasteiger partial charge in [-0.05, 0) is 17.7 Å². The molecule has 0 aliphatic carbocycles. The molecule has 0 bridgehead atoms. The summed E-state index contributed by atoms with van der Waals surface area (Å²) in [5, 5.41) is 9.24. The molecular formula is C8H9ClFNO. The van der Waals surface area contributed by atoms with Crippen molar-refractivity contribution < 1.29 is 9.50 Å². The van der Waals surface area contributed by atoms with Crippen LogP contribution in [0.5, 0.6) is 0 Å². The Hall–Kier alpha value is -0.640. The summed E-state index contributed by atoms with van der Waals surface area (Å²) in [6.07, 6.45) is -0.775. The Morgan fingerprint density at radius 1 is 1.58 bits per heavy atom. The summed E-state index contributed by atoms with van der Waals surface area (Å²) >= 11 is 5.49. The molecule has 0 spiro atoms. The summed E-state index contributed by atoms with van der Waals surface area (Å²) in [7, 11) is 0. The summed E-state index contributed by atoms with van der Waals surface area (Å²) in [6, 6.07) is 4.03. The molecule has 0 saturated heterocycles. The van der Waals surface area contributed by atoms with Crippen LogP contribution in [-0.4, -0.2) is 11.7 Å². The van der Waals surface area contributed by atoms with Crippen molar-refractivity contribution in [2.45, 2.75) is 6.10 Å². The van der Waals surface area contributed by atoms with Crippen LogP contribution in [0.4, 0.5) is 4.39 Å². The molecule has 1 rings (SSSR count). The molecule has 0 aliphatic heterocycles. The molecule has 1 atom stereocenters. The van der Waals surface area contributed by atoms with Gasteiger partial charge in [-0.3, -0.25) is 0 Å². The van der Waals surface area contributed by atoms with Crippen molar-refractivity contribution in [2.75, 3.05) is 6.54 Å². The van der Waals surface area contributed by atoms with Gasteiger partial charge in [0.1, 0.15) is 5.82 Å². The van der Waals surface area contributed by atoms with Crippen LogP contribution in [0.15, 0.2) is 18.2 Å². The first-order chi connectivity index (χ1) is 5.65. The average Bonchev–Trinajstić information content (AvgIpc) is 2.08. The van der Waals surface area contributed by atoms with E-state index >= 15 is 0 Å². The van der Waals surface area contributed by atoms with E-state index in [-0.39, 0.29) is 11.6 Å². The maximum atomic E-state index is 12.6. The van der Waals surface area contributed by atoms with Crippen molar-refractivity contribution in [3.63, 3.8) is 0 Å². The molecule has 1 aromatic carbocycles. The first kappa shape index (κ1) is 9.45. The largest absolute Gasteiger partial charge is 0.387 e. The molecule has 2 nitrogen and oxygen atoms in total. The van der Waals surface area contributed by atoms with Gasteiger partial charge in [-0.15, -0.1) is 0 Å². The van der Waals surface area contributed by atoms with Crippen LogP contribution in [0.2, 0.25) is 5.02 Å². The van der Waals surface area contributed by atoms with Crippen molar-refractivity contribution >= 4 is 11.6 Å².